The number of thiazole rings is 1. The molecular formula is C27H34Cl2N6O6S2. The van der Waals surface area contributed by atoms with Crippen LogP contribution >= 0.6 is 35.3 Å². The molecule has 234 valence electrons. The van der Waals surface area contributed by atoms with Gasteiger partial charge in [-0.3, -0.25) is 9.59 Å². The van der Waals surface area contributed by atoms with Gasteiger partial charge in [0.2, 0.25) is 5.91 Å². The van der Waals surface area contributed by atoms with Crippen LogP contribution in [0.25, 0.3) is 10.9 Å². The standard InChI is InChI=1S/C27H33ClN6O6S2.ClH/c1-15-12-32(26(37)40-27(2,3)4)14-20-22(15)31-24(41-20)25(36)34-9-8-33(13-19(34)23(35)29-5)42(38,39)21-11-16-10-17(28)6-7-18(16)30-21;/h6-7,10-11,15,19,30H,8-9,12-14H2,1-5H3,(H,29,35);1H. The Bertz CT molecular complexity index is 1670. The number of carbonyl (C=O) groups is 3. The van der Waals surface area contributed by atoms with Gasteiger partial charge in [0.25, 0.3) is 15.9 Å². The van der Waals surface area contributed by atoms with Gasteiger partial charge in [-0.25, -0.2) is 18.2 Å². The zero-order chi connectivity index (χ0) is 30.6. The number of sulfonamides is 1. The monoisotopic (exact) mass is 672 g/mol. The van der Waals surface area contributed by atoms with E-state index in [2.05, 4.69) is 15.3 Å². The number of likely N-dealkylation sites (N-methyl/N-ethyl adjacent to an activating group) is 1. The van der Waals surface area contributed by atoms with Crippen molar-refractivity contribution in [2.75, 3.05) is 33.2 Å². The maximum atomic E-state index is 13.7. The van der Waals surface area contributed by atoms with Gasteiger partial charge in [-0.2, -0.15) is 4.31 Å². The molecule has 2 unspecified atom stereocenters. The van der Waals surface area contributed by atoms with Gasteiger partial charge in [-0.15, -0.1) is 23.7 Å². The Morgan fingerprint density at radius 3 is 2.56 bits per heavy atom. The van der Waals surface area contributed by atoms with Crippen molar-refractivity contribution in [2.45, 2.75) is 56.8 Å². The first-order valence-electron chi connectivity index (χ1n) is 13.5. The Morgan fingerprint density at radius 1 is 1.16 bits per heavy atom. The van der Waals surface area contributed by atoms with Gasteiger partial charge >= 0.3 is 6.09 Å². The van der Waals surface area contributed by atoms with Crippen LogP contribution in [0.15, 0.2) is 29.3 Å². The maximum Gasteiger partial charge on any atom is 0.410 e. The third kappa shape index (κ3) is 6.63. The minimum absolute atomic E-state index is 0. The highest BCUT2D eigenvalue weighted by molar-refractivity contribution is 7.89. The zero-order valence-electron chi connectivity index (χ0n) is 24.3. The van der Waals surface area contributed by atoms with E-state index >= 15 is 0 Å². The fourth-order valence-corrected chi connectivity index (χ4v) is 7.95. The Morgan fingerprint density at radius 2 is 1.88 bits per heavy atom. The van der Waals surface area contributed by atoms with Crippen LogP contribution < -0.4 is 5.32 Å². The molecule has 43 heavy (non-hydrogen) atoms. The third-order valence-corrected chi connectivity index (χ3v) is 10.3. The first kappa shape index (κ1) is 33.0. The summed E-state index contributed by atoms with van der Waals surface area (Å²) in [5.41, 5.74) is 0.712. The van der Waals surface area contributed by atoms with Crippen molar-refractivity contribution < 1.29 is 27.5 Å². The zero-order valence-corrected chi connectivity index (χ0v) is 27.5. The molecule has 0 saturated carbocycles. The van der Waals surface area contributed by atoms with Crippen molar-refractivity contribution in [1.82, 2.24) is 29.4 Å². The molecule has 2 aliphatic rings. The van der Waals surface area contributed by atoms with E-state index in [-0.39, 0.29) is 54.5 Å². The summed E-state index contributed by atoms with van der Waals surface area (Å²) in [6, 6.07) is 5.46. The number of piperazine rings is 1. The van der Waals surface area contributed by atoms with Gasteiger partial charge < -0.3 is 24.8 Å². The highest BCUT2D eigenvalue weighted by Gasteiger charge is 2.42. The molecule has 0 spiro atoms. The number of rotatable bonds is 4. The Balaban J connectivity index is 0.00000423. The van der Waals surface area contributed by atoms with Crippen molar-refractivity contribution in [2.24, 2.45) is 0 Å². The van der Waals surface area contributed by atoms with Crippen LogP contribution in [0.5, 0.6) is 0 Å². The molecule has 5 rings (SSSR count). The summed E-state index contributed by atoms with van der Waals surface area (Å²) < 4.78 is 33.8. The molecule has 3 amide bonds. The number of carbonyl (C=O) groups excluding carboxylic acids is 3. The summed E-state index contributed by atoms with van der Waals surface area (Å²) in [5, 5.41) is 3.84. The summed E-state index contributed by atoms with van der Waals surface area (Å²) >= 11 is 7.24. The summed E-state index contributed by atoms with van der Waals surface area (Å²) in [7, 11) is -2.57. The molecule has 1 fully saturated rings. The van der Waals surface area contributed by atoms with Crippen molar-refractivity contribution in [1.29, 1.82) is 0 Å². The quantitative estimate of drug-likeness (QED) is 0.429. The number of nitrogens with zero attached hydrogens (tertiary/aromatic N) is 4. The number of fused-ring (bicyclic) bond motifs is 2. The second kappa shape index (κ2) is 12.2. The van der Waals surface area contributed by atoms with Gasteiger partial charge in [0.1, 0.15) is 16.7 Å². The summed E-state index contributed by atoms with van der Waals surface area (Å²) in [6.07, 6.45) is -0.434. The lowest BCUT2D eigenvalue weighted by atomic mass is 10.0. The first-order valence-corrected chi connectivity index (χ1v) is 16.1. The van der Waals surface area contributed by atoms with Crippen molar-refractivity contribution in [3.63, 3.8) is 0 Å². The van der Waals surface area contributed by atoms with E-state index in [1.165, 1.54) is 33.7 Å². The fourth-order valence-electron chi connectivity index (χ4n) is 5.16. The lowest BCUT2D eigenvalue weighted by Crippen LogP contribution is -2.61. The van der Waals surface area contributed by atoms with Crippen molar-refractivity contribution >= 4 is 74.2 Å². The van der Waals surface area contributed by atoms with E-state index in [1.807, 2.05) is 6.92 Å². The fraction of sp³-hybridized carbons (Fsp3) is 0.481. The molecule has 4 heterocycles. The summed E-state index contributed by atoms with van der Waals surface area (Å²) in [4.78, 5) is 50.7. The highest BCUT2D eigenvalue weighted by Crippen LogP contribution is 2.34. The van der Waals surface area contributed by atoms with Crippen molar-refractivity contribution in [3.8, 4) is 0 Å². The number of aromatic nitrogens is 2. The van der Waals surface area contributed by atoms with Gasteiger partial charge in [-0.05, 0) is 45.0 Å². The maximum absolute atomic E-state index is 13.7. The second-order valence-corrected chi connectivity index (χ2v) is 14.9. The number of hydrogen-bond donors (Lipinski definition) is 2. The molecule has 3 aromatic rings. The first-order chi connectivity index (χ1) is 19.7. The normalized spacial score (nSPS) is 19.5. The molecule has 12 nitrogen and oxygen atoms in total. The van der Waals surface area contributed by atoms with Gasteiger partial charge in [0.05, 0.1) is 12.2 Å². The predicted molar refractivity (Wildman–Crippen MR) is 165 cm³/mol. The van der Waals surface area contributed by atoms with Crippen LogP contribution in [0.4, 0.5) is 4.79 Å². The Kier molecular flexibility index (Phi) is 9.39. The molecule has 2 aliphatic heterocycles. The minimum Gasteiger partial charge on any atom is -0.444 e. The van der Waals surface area contributed by atoms with Crippen LogP contribution in [0.1, 0.15) is 54.0 Å². The Hall–Kier alpha value is -2.91. The van der Waals surface area contributed by atoms with E-state index in [1.54, 1.807) is 43.9 Å². The largest absolute Gasteiger partial charge is 0.444 e. The number of hydrogen-bond acceptors (Lipinski definition) is 8. The number of nitrogens with one attached hydrogen (secondary N) is 2. The molecule has 16 heteroatoms. The molecule has 0 aliphatic carbocycles. The summed E-state index contributed by atoms with van der Waals surface area (Å²) in [5.74, 6) is -1.07. The molecule has 0 bridgehead atoms. The van der Waals surface area contributed by atoms with Gasteiger partial charge in [-0.1, -0.05) is 18.5 Å². The predicted octanol–water partition coefficient (Wildman–Crippen LogP) is 3.82. The lowest BCUT2D eigenvalue weighted by Gasteiger charge is -2.39. The van der Waals surface area contributed by atoms with Gasteiger partial charge in [0, 0.05) is 59.9 Å². The molecule has 1 saturated heterocycles. The van der Waals surface area contributed by atoms with Crippen LogP contribution in [-0.4, -0.2) is 95.3 Å². The van der Waals surface area contributed by atoms with E-state index in [0.717, 1.165) is 10.6 Å². The van der Waals surface area contributed by atoms with Crippen LogP contribution in [-0.2, 0) is 26.1 Å². The average molecular weight is 674 g/mol. The number of halogens is 2. The lowest BCUT2D eigenvalue weighted by molar-refractivity contribution is -0.126. The minimum atomic E-state index is -4.01. The van der Waals surface area contributed by atoms with E-state index in [0.29, 0.717) is 22.5 Å². The van der Waals surface area contributed by atoms with Crippen LogP contribution in [0.3, 0.4) is 0 Å². The van der Waals surface area contributed by atoms with Crippen LogP contribution in [0.2, 0.25) is 5.02 Å². The van der Waals surface area contributed by atoms with Crippen LogP contribution in [0, 0.1) is 0 Å². The summed E-state index contributed by atoms with van der Waals surface area (Å²) in [6.45, 7) is 7.76. The van der Waals surface area contributed by atoms with E-state index < -0.39 is 39.6 Å². The van der Waals surface area contributed by atoms with E-state index in [9.17, 15) is 22.8 Å². The molecule has 2 aromatic heterocycles. The third-order valence-electron chi connectivity index (χ3n) is 7.19. The number of ether oxygens (including phenoxy) is 1. The topological polar surface area (TPSA) is 145 Å². The number of aromatic amines is 1. The average Bonchev–Trinajstić information content (AvgIpc) is 3.56. The highest BCUT2D eigenvalue weighted by atomic mass is 35.5. The number of amides is 3. The Labute approximate surface area is 265 Å². The molecule has 2 atom stereocenters. The molecule has 1 aromatic carbocycles. The van der Waals surface area contributed by atoms with Gasteiger partial charge in [0.15, 0.2) is 5.01 Å². The molecule has 0 radical (unpaired) electrons. The number of H-pyrrole nitrogens is 1. The smallest absolute Gasteiger partial charge is 0.410 e. The van der Waals surface area contributed by atoms with Crippen molar-refractivity contribution in [3.05, 3.63) is 44.9 Å². The SMILES string of the molecule is CNC(=O)C1CN(S(=O)(=O)c2cc3cc(Cl)ccc3[nH]2)CCN1C(=O)c1nc2c(s1)CN(C(=O)OC(C)(C)C)CC2C.Cl. The number of benzene rings is 1. The molecular weight excluding hydrogens is 639 g/mol. The molecule has 2 N–H and O–H groups in total. The second-order valence-electron chi connectivity index (χ2n) is 11.4. The van der Waals surface area contributed by atoms with E-state index in [4.69, 9.17) is 16.3 Å².